The van der Waals surface area contributed by atoms with E-state index in [2.05, 4.69) is 52.7 Å². The molecular formula is C26H25ClN4OS. The Morgan fingerprint density at radius 2 is 1.91 bits per heavy atom. The molecule has 0 bridgehead atoms. The maximum absolute atomic E-state index is 6.33. The summed E-state index contributed by atoms with van der Waals surface area (Å²) in [4.78, 5) is 6.88. The van der Waals surface area contributed by atoms with Crippen molar-refractivity contribution in [3.05, 3.63) is 106 Å². The van der Waals surface area contributed by atoms with E-state index in [1.807, 2.05) is 48.7 Å². The highest BCUT2D eigenvalue weighted by molar-refractivity contribution is 7.80. The number of rotatable bonds is 5. The molecule has 168 valence electrons. The summed E-state index contributed by atoms with van der Waals surface area (Å²) in [6.07, 6.45) is 3.53. The summed E-state index contributed by atoms with van der Waals surface area (Å²) in [5.74, 6) is 0.868. The predicted octanol–water partition coefficient (Wildman–Crippen LogP) is 6.22. The number of hydrogen-bond acceptors (Lipinski definition) is 3. The summed E-state index contributed by atoms with van der Waals surface area (Å²) in [5.41, 5.74) is 6.82. The second kappa shape index (κ2) is 8.69. The summed E-state index contributed by atoms with van der Waals surface area (Å²) < 4.78 is 7.95. The molecule has 0 radical (unpaired) electrons. The molecule has 0 unspecified atom stereocenters. The van der Waals surface area contributed by atoms with E-state index in [0.29, 0.717) is 16.7 Å². The molecule has 1 N–H and O–H groups in total. The first-order chi connectivity index (χ1) is 16.0. The maximum atomic E-state index is 6.33. The third-order valence-corrected chi connectivity index (χ3v) is 7.06. The summed E-state index contributed by atoms with van der Waals surface area (Å²) in [6, 6.07) is 17.7. The lowest BCUT2D eigenvalue weighted by atomic mass is 9.93. The Hall–Kier alpha value is -3.09. The van der Waals surface area contributed by atoms with Crippen LogP contribution < -0.4 is 5.32 Å². The zero-order valence-corrected chi connectivity index (χ0v) is 20.3. The summed E-state index contributed by atoms with van der Waals surface area (Å²) in [5, 5.41) is 4.95. The Bertz CT molecular complexity index is 1300. The SMILES string of the molecule is Cc1c([C@H]2[C@@H](c3ccccn3)NC(=S)N2Cc2ccco2)c(C)n(-c2cccc(Cl)c2)c1C. The minimum absolute atomic E-state index is 0.0448. The molecule has 0 aliphatic carbocycles. The number of furan rings is 1. The van der Waals surface area contributed by atoms with E-state index in [-0.39, 0.29) is 12.1 Å². The molecule has 1 aromatic carbocycles. The molecule has 3 aromatic heterocycles. The van der Waals surface area contributed by atoms with Gasteiger partial charge in [-0.05, 0) is 81.0 Å². The van der Waals surface area contributed by atoms with Gasteiger partial charge in [0.05, 0.1) is 30.6 Å². The average molecular weight is 477 g/mol. The number of benzene rings is 1. The average Bonchev–Trinajstić information content (AvgIpc) is 3.49. The lowest BCUT2D eigenvalue weighted by molar-refractivity contribution is 0.285. The normalized spacial score (nSPS) is 18.1. The second-order valence-corrected chi connectivity index (χ2v) is 9.18. The van der Waals surface area contributed by atoms with E-state index in [4.69, 9.17) is 28.2 Å². The van der Waals surface area contributed by atoms with Crippen LogP contribution in [0.5, 0.6) is 0 Å². The van der Waals surface area contributed by atoms with Crippen molar-refractivity contribution in [2.75, 3.05) is 0 Å². The minimum atomic E-state index is -0.0827. The van der Waals surface area contributed by atoms with E-state index in [0.717, 1.165) is 22.8 Å². The fourth-order valence-corrected chi connectivity index (χ4v) is 5.39. The van der Waals surface area contributed by atoms with Crippen molar-refractivity contribution in [2.45, 2.75) is 39.4 Å². The largest absolute Gasteiger partial charge is 0.467 e. The van der Waals surface area contributed by atoms with Crippen LogP contribution >= 0.6 is 23.8 Å². The van der Waals surface area contributed by atoms with Crippen LogP contribution in [-0.2, 0) is 6.54 Å². The van der Waals surface area contributed by atoms with Gasteiger partial charge in [0.2, 0.25) is 0 Å². The summed E-state index contributed by atoms with van der Waals surface area (Å²) in [7, 11) is 0. The third-order valence-electron chi connectivity index (χ3n) is 6.47. The molecule has 1 aliphatic heterocycles. The zero-order chi connectivity index (χ0) is 23.1. The second-order valence-electron chi connectivity index (χ2n) is 8.36. The summed E-state index contributed by atoms with van der Waals surface area (Å²) in [6.45, 7) is 7.08. The molecule has 0 saturated carbocycles. The Morgan fingerprint density at radius 3 is 2.61 bits per heavy atom. The molecule has 5 rings (SSSR count). The Morgan fingerprint density at radius 1 is 1.06 bits per heavy atom. The summed E-state index contributed by atoms with van der Waals surface area (Å²) >= 11 is 12.2. The van der Waals surface area contributed by atoms with Crippen LogP contribution in [0.3, 0.4) is 0 Å². The van der Waals surface area contributed by atoms with Crippen LogP contribution in [0.2, 0.25) is 5.02 Å². The minimum Gasteiger partial charge on any atom is -0.467 e. The molecular weight excluding hydrogens is 452 g/mol. The van der Waals surface area contributed by atoms with E-state index in [1.54, 1.807) is 6.26 Å². The lowest BCUT2D eigenvalue weighted by Gasteiger charge is -2.28. The topological polar surface area (TPSA) is 46.2 Å². The van der Waals surface area contributed by atoms with Crippen LogP contribution in [0.15, 0.2) is 71.5 Å². The van der Waals surface area contributed by atoms with Crippen LogP contribution in [-0.4, -0.2) is 19.6 Å². The Labute approximate surface area is 204 Å². The van der Waals surface area contributed by atoms with Crippen LogP contribution in [0.25, 0.3) is 5.69 Å². The van der Waals surface area contributed by atoms with Crippen molar-refractivity contribution in [1.82, 2.24) is 19.8 Å². The quantitative estimate of drug-likeness (QED) is 0.346. The fourth-order valence-electron chi connectivity index (χ4n) is 4.90. The molecule has 1 fully saturated rings. The number of nitrogens with one attached hydrogen (secondary N) is 1. The van der Waals surface area contributed by atoms with Gasteiger partial charge < -0.3 is 19.2 Å². The van der Waals surface area contributed by atoms with Crippen LogP contribution in [0, 0.1) is 20.8 Å². The number of pyridine rings is 1. The number of nitrogens with zero attached hydrogens (tertiary/aromatic N) is 3. The number of aromatic nitrogens is 2. The van der Waals surface area contributed by atoms with Crippen molar-refractivity contribution in [3.8, 4) is 5.69 Å². The van der Waals surface area contributed by atoms with Gasteiger partial charge in [-0.15, -0.1) is 0 Å². The first kappa shape index (κ1) is 21.7. The molecule has 4 aromatic rings. The van der Waals surface area contributed by atoms with Gasteiger partial charge in [-0.2, -0.15) is 0 Å². The molecule has 0 spiro atoms. The van der Waals surface area contributed by atoms with Gasteiger partial charge in [0.1, 0.15) is 5.76 Å². The fraction of sp³-hybridized carbons (Fsp3) is 0.231. The molecule has 7 heteroatoms. The molecule has 2 atom stereocenters. The van der Waals surface area contributed by atoms with Crippen molar-refractivity contribution < 1.29 is 4.42 Å². The highest BCUT2D eigenvalue weighted by Crippen LogP contribution is 2.44. The zero-order valence-electron chi connectivity index (χ0n) is 18.7. The van der Waals surface area contributed by atoms with Gasteiger partial charge in [-0.1, -0.05) is 23.7 Å². The van der Waals surface area contributed by atoms with Gasteiger partial charge in [0.15, 0.2) is 5.11 Å². The number of hydrogen-bond donors (Lipinski definition) is 1. The molecule has 1 saturated heterocycles. The molecule has 0 amide bonds. The van der Waals surface area contributed by atoms with Gasteiger partial charge in [-0.25, -0.2) is 0 Å². The van der Waals surface area contributed by atoms with Gasteiger partial charge in [0.25, 0.3) is 0 Å². The standard InChI is InChI=1S/C26H25ClN4OS/c1-16-17(2)31(20-9-6-8-19(27)14-20)18(3)23(16)25-24(22-11-4-5-12-28-22)29-26(33)30(25)15-21-10-7-13-32-21/h4-14,24-25H,15H2,1-3H3,(H,29,33)/t24-,25+/m1/s1. The van der Waals surface area contributed by atoms with Crippen molar-refractivity contribution in [3.63, 3.8) is 0 Å². The van der Waals surface area contributed by atoms with E-state index < -0.39 is 0 Å². The highest BCUT2D eigenvalue weighted by atomic mass is 35.5. The Balaban J connectivity index is 1.67. The first-order valence-electron chi connectivity index (χ1n) is 10.9. The van der Waals surface area contributed by atoms with E-state index in [9.17, 15) is 0 Å². The van der Waals surface area contributed by atoms with Gasteiger partial charge in [0, 0.05) is 33.9 Å². The van der Waals surface area contributed by atoms with Crippen molar-refractivity contribution >= 4 is 28.9 Å². The predicted molar refractivity (Wildman–Crippen MR) is 135 cm³/mol. The van der Waals surface area contributed by atoms with Crippen LogP contribution in [0.4, 0.5) is 0 Å². The Kier molecular flexibility index (Phi) is 5.72. The van der Waals surface area contributed by atoms with Crippen LogP contribution in [0.1, 0.15) is 46.1 Å². The monoisotopic (exact) mass is 476 g/mol. The van der Waals surface area contributed by atoms with E-state index in [1.165, 1.54) is 16.8 Å². The van der Waals surface area contributed by atoms with Crippen molar-refractivity contribution in [1.29, 1.82) is 0 Å². The molecule has 1 aliphatic rings. The highest BCUT2D eigenvalue weighted by Gasteiger charge is 2.42. The first-order valence-corrected chi connectivity index (χ1v) is 11.7. The van der Waals surface area contributed by atoms with Gasteiger partial charge in [-0.3, -0.25) is 4.98 Å². The van der Waals surface area contributed by atoms with Crippen molar-refractivity contribution in [2.24, 2.45) is 0 Å². The smallest absolute Gasteiger partial charge is 0.170 e. The molecule has 33 heavy (non-hydrogen) atoms. The lowest BCUT2D eigenvalue weighted by Crippen LogP contribution is -2.29. The molecule has 5 nitrogen and oxygen atoms in total. The third kappa shape index (κ3) is 3.83. The van der Waals surface area contributed by atoms with Gasteiger partial charge >= 0.3 is 0 Å². The number of thiocarbonyl (C=S) groups is 1. The maximum Gasteiger partial charge on any atom is 0.170 e. The van der Waals surface area contributed by atoms with E-state index >= 15 is 0 Å². The molecule has 4 heterocycles. The number of halogens is 1.